The van der Waals surface area contributed by atoms with Crippen molar-refractivity contribution in [2.24, 2.45) is 34.0 Å². The topological polar surface area (TPSA) is 459 Å². The summed E-state index contributed by atoms with van der Waals surface area (Å²) in [7, 11) is 0. The highest BCUT2D eigenvalue weighted by molar-refractivity contribution is 5.98. The minimum Gasteiger partial charge on any atom is -0.508 e. The van der Waals surface area contributed by atoms with Gasteiger partial charge in [0.1, 0.15) is 53.8 Å². The fourth-order valence-corrected chi connectivity index (χ4v) is 8.01. The molecule has 27 heteroatoms. The lowest BCUT2D eigenvalue weighted by molar-refractivity contribution is -0.144. The minimum atomic E-state index is -1.81. The number of carboxylic acid groups (broad SMARTS) is 2. The van der Waals surface area contributed by atoms with Crippen molar-refractivity contribution in [1.82, 2.24) is 42.5 Å². The van der Waals surface area contributed by atoms with Crippen molar-refractivity contribution < 1.29 is 73.5 Å². The van der Waals surface area contributed by atoms with E-state index in [4.69, 9.17) is 17.2 Å². The van der Waals surface area contributed by atoms with E-state index in [1.807, 2.05) is 0 Å². The predicted octanol–water partition coefficient (Wildman–Crippen LogP) is -2.34. The van der Waals surface area contributed by atoms with Crippen LogP contribution in [0.3, 0.4) is 0 Å². The average Bonchev–Trinajstić information content (AvgIpc) is 3.42. The van der Waals surface area contributed by atoms with Gasteiger partial charge in [-0.05, 0) is 78.5 Å². The zero-order valence-corrected chi connectivity index (χ0v) is 45.6. The van der Waals surface area contributed by atoms with E-state index in [9.17, 15) is 73.5 Å². The Labute approximate surface area is 468 Å². The zero-order valence-electron chi connectivity index (χ0n) is 45.6. The van der Waals surface area contributed by atoms with Gasteiger partial charge in [-0.3, -0.25) is 48.1 Å². The summed E-state index contributed by atoms with van der Waals surface area (Å²) >= 11 is 0. The highest BCUT2D eigenvalue weighted by Crippen LogP contribution is 2.16. The van der Waals surface area contributed by atoms with Crippen molar-refractivity contribution in [3.63, 3.8) is 0 Å². The summed E-state index contributed by atoms with van der Waals surface area (Å²) in [6, 6.07) is 8.11. The van der Waals surface area contributed by atoms with E-state index in [2.05, 4.69) is 47.5 Å². The number of phenols is 2. The summed E-state index contributed by atoms with van der Waals surface area (Å²) in [5.41, 5.74) is 18.6. The van der Waals surface area contributed by atoms with Gasteiger partial charge in [0.2, 0.25) is 47.3 Å². The summed E-state index contributed by atoms with van der Waals surface area (Å²) in [4.78, 5) is 138. The summed E-state index contributed by atoms with van der Waals surface area (Å²) in [5.74, 6) is -11.7. The van der Waals surface area contributed by atoms with Gasteiger partial charge in [0.25, 0.3) is 0 Å². The number of aliphatic imine (C=N–C) groups is 1. The maximum Gasteiger partial charge on any atom is 0.326 e. The Hall–Kier alpha value is -8.85. The molecular formula is C54H76N12O15. The molecular weight excluding hydrogens is 1060 g/mol. The van der Waals surface area contributed by atoms with E-state index in [1.165, 1.54) is 36.4 Å². The number of phenolic OH excluding ortho intramolecular Hbond substituents is 2. The zero-order chi connectivity index (χ0) is 60.3. The maximum atomic E-state index is 14.5. The molecule has 0 radical (unpaired) electrons. The van der Waals surface area contributed by atoms with Crippen LogP contribution in [-0.2, 0) is 67.2 Å². The third kappa shape index (κ3) is 24.0. The van der Waals surface area contributed by atoms with Crippen molar-refractivity contribution in [3.8, 4) is 11.5 Å². The molecule has 0 fully saturated rings. The fourth-order valence-electron chi connectivity index (χ4n) is 8.01. The summed E-state index contributed by atoms with van der Waals surface area (Å²) in [6.45, 7) is 5.10. The molecule has 3 aromatic carbocycles. The molecule has 0 heterocycles. The van der Waals surface area contributed by atoms with Crippen LogP contribution in [0, 0.1) is 11.8 Å². The van der Waals surface area contributed by atoms with Crippen LogP contribution in [-0.4, -0.2) is 159 Å². The number of rotatable bonds is 34. The van der Waals surface area contributed by atoms with Crippen molar-refractivity contribution in [2.75, 3.05) is 19.7 Å². The van der Waals surface area contributed by atoms with E-state index >= 15 is 0 Å². The molecule has 8 amide bonds. The fraction of sp³-hybridized carbons (Fsp3) is 0.463. The van der Waals surface area contributed by atoms with Crippen LogP contribution in [0.25, 0.3) is 0 Å². The number of nitrogens with zero attached hydrogens (tertiary/aromatic N) is 1. The second-order valence-corrected chi connectivity index (χ2v) is 19.7. The van der Waals surface area contributed by atoms with Crippen LogP contribution < -0.4 is 59.7 Å². The quantitative estimate of drug-likeness (QED) is 0.0169. The molecule has 3 rings (SSSR count). The van der Waals surface area contributed by atoms with Crippen molar-refractivity contribution in [3.05, 3.63) is 95.6 Å². The summed E-state index contributed by atoms with van der Waals surface area (Å²) in [5, 5.41) is 68.6. The number of aliphatic hydroxyl groups is 1. The Balaban J connectivity index is 1.90. The van der Waals surface area contributed by atoms with Crippen LogP contribution in [0.4, 0.5) is 0 Å². The Morgan fingerprint density at radius 2 is 1.04 bits per heavy atom. The molecule has 0 spiro atoms. The predicted molar refractivity (Wildman–Crippen MR) is 294 cm³/mol. The number of aromatic hydroxyl groups is 2. The number of carboxylic acids is 2. The van der Waals surface area contributed by atoms with Gasteiger partial charge in [-0.1, -0.05) is 88.7 Å². The van der Waals surface area contributed by atoms with Gasteiger partial charge in [0.15, 0.2) is 5.96 Å². The number of aliphatic hydroxyl groups excluding tert-OH is 1. The second-order valence-electron chi connectivity index (χ2n) is 19.7. The number of carbonyl (C=O) groups is 10. The number of hydrogen-bond acceptors (Lipinski definition) is 15. The maximum absolute atomic E-state index is 14.5. The van der Waals surface area contributed by atoms with E-state index in [0.717, 1.165) is 0 Å². The average molecular weight is 1130 g/mol. The number of guanidine groups is 1. The van der Waals surface area contributed by atoms with Gasteiger partial charge in [-0.25, -0.2) is 4.79 Å². The van der Waals surface area contributed by atoms with Crippen molar-refractivity contribution in [2.45, 2.75) is 127 Å². The number of amides is 8. The minimum absolute atomic E-state index is 0.00112. The van der Waals surface area contributed by atoms with Crippen LogP contribution in [0.15, 0.2) is 83.9 Å². The number of benzene rings is 3. The first-order valence-electron chi connectivity index (χ1n) is 26.2. The normalized spacial score (nSPS) is 14.3. The highest BCUT2D eigenvalue weighted by atomic mass is 16.4. The third-order valence-electron chi connectivity index (χ3n) is 12.6. The lowest BCUT2D eigenvalue weighted by atomic mass is 9.96. The Bertz CT molecular complexity index is 2640. The van der Waals surface area contributed by atoms with Gasteiger partial charge in [0, 0.05) is 19.4 Å². The smallest absolute Gasteiger partial charge is 0.326 e. The molecule has 0 saturated heterocycles. The lowest BCUT2D eigenvalue weighted by Crippen LogP contribution is -2.61. The Kier molecular flexibility index (Phi) is 27.5. The molecule has 0 aromatic heterocycles. The number of carbonyl (C=O) groups excluding carboxylic acids is 8. The number of nitrogens with one attached hydrogen (secondary N) is 8. The van der Waals surface area contributed by atoms with E-state index < -0.39 is 133 Å². The largest absolute Gasteiger partial charge is 0.508 e. The first-order valence-corrected chi connectivity index (χ1v) is 26.2. The third-order valence-corrected chi connectivity index (χ3v) is 12.6. The molecule has 0 aliphatic heterocycles. The van der Waals surface area contributed by atoms with Gasteiger partial charge in [-0.15, -0.1) is 0 Å². The second kappa shape index (κ2) is 33.6. The Morgan fingerprint density at radius 1 is 0.556 bits per heavy atom. The van der Waals surface area contributed by atoms with Crippen molar-refractivity contribution in [1.29, 1.82) is 0 Å². The lowest BCUT2D eigenvalue weighted by Gasteiger charge is -2.29. The molecule has 19 N–H and O–H groups in total. The van der Waals surface area contributed by atoms with E-state index in [-0.39, 0.29) is 74.9 Å². The van der Waals surface area contributed by atoms with Crippen LogP contribution in [0.2, 0.25) is 0 Å². The highest BCUT2D eigenvalue weighted by Gasteiger charge is 2.36. The molecule has 0 unspecified atom stereocenters. The van der Waals surface area contributed by atoms with Gasteiger partial charge < -0.3 is 85.3 Å². The standard InChI is InChI=1S/C54H76N12O15/c1-5-30(4)45(66-51(78)38(25-33-15-19-35(69)20-16-33)60-43(70)27-59-47(74)42(28-67)65-46(73)36(55)23-32-13-17-34(68)18-14-32)52(79)63-39(24-31-10-7-6-8-11-31)49(76)61-37(12-9-21-58-54(56)57)48(75)62-40(26-44(71)72)50(77)64-41(53(80)81)22-29(2)3/h6-8,10-11,13-20,29-30,36-42,45,67-69H,5,9,12,21-28,55H2,1-4H3,(H,59,74)(H,60,70)(H,61,76)(H,62,75)(H,63,79)(H,64,77)(H,65,73)(H,66,78)(H,71,72)(H,80,81)(H4,56,57,58)/t30-,36-,37-,38-,39-,40-,41-,42-,45-/m0/s1. The number of aliphatic carboxylic acids is 2. The van der Waals surface area contributed by atoms with Gasteiger partial charge in [-0.2, -0.15) is 0 Å². The SMILES string of the molecule is CC[C@H](C)[C@H](NC(=O)[C@H](Cc1ccc(O)cc1)NC(=O)CNC(=O)[C@H](CO)NC(=O)[C@@H](N)Cc1ccc(O)cc1)C(=O)N[C@@H](Cc1ccccc1)C(=O)N[C@@H](CCCN=C(N)N)C(=O)N[C@@H](CC(=O)O)C(=O)N[C@@H](CC(C)C)C(=O)O. The van der Waals surface area contributed by atoms with E-state index in [0.29, 0.717) is 16.7 Å². The molecule has 0 saturated carbocycles. The molecule has 0 bridgehead atoms. The summed E-state index contributed by atoms with van der Waals surface area (Å²) < 4.78 is 0. The van der Waals surface area contributed by atoms with Gasteiger partial charge >= 0.3 is 11.9 Å². The summed E-state index contributed by atoms with van der Waals surface area (Å²) in [6.07, 6.45) is -1.24. The van der Waals surface area contributed by atoms with E-state index in [1.54, 1.807) is 70.2 Å². The molecule has 9 atom stereocenters. The monoisotopic (exact) mass is 1130 g/mol. The molecule has 0 aliphatic carbocycles. The molecule has 27 nitrogen and oxygen atoms in total. The molecule has 3 aromatic rings. The molecule has 0 aliphatic rings. The Morgan fingerprint density at radius 3 is 1.57 bits per heavy atom. The van der Waals surface area contributed by atoms with Gasteiger partial charge in [0.05, 0.1) is 25.6 Å². The van der Waals surface area contributed by atoms with Crippen LogP contribution in [0.5, 0.6) is 11.5 Å². The van der Waals surface area contributed by atoms with Crippen LogP contribution >= 0.6 is 0 Å². The number of hydrogen-bond donors (Lipinski definition) is 16. The molecule has 81 heavy (non-hydrogen) atoms. The van der Waals surface area contributed by atoms with Crippen LogP contribution in [0.1, 0.15) is 76.5 Å². The first-order chi connectivity index (χ1) is 38.3. The van der Waals surface area contributed by atoms with Crippen molar-refractivity contribution >= 4 is 65.2 Å². The molecule has 442 valence electrons. The first kappa shape index (κ1) is 66.4. The number of nitrogens with two attached hydrogens (primary N) is 3.